The van der Waals surface area contributed by atoms with Gasteiger partial charge in [-0.05, 0) is 49.6 Å². The van der Waals surface area contributed by atoms with Crippen LogP contribution in [0.5, 0.6) is 0 Å². The van der Waals surface area contributed by atoms with Crippen LogP contribution in [0.2, 0.25) is 0 Å². The maximum atomic E-state index is 12.5. The van der Waals surface area contributed by atoms with Crippen molar-refractivity contribution in [3.8, 4) is 0 Å². The van der Waals surface area contributed by atoms with E-state index in [4.69, 9.17) is 0 Å². The molecule has 2 aromatic rings. The first-order chi connectivity index (χ1) is 11.7. The van der Waals surface area contributed by atoms with E-state index in [1.54, 1.807) is 19.1 Å². The van der Waals surface area contributed by atoms with Gasteiger partial charge in [-0.15, -0.1) is 0 Å². The van der Waals surface area contributed by atoms with Crippen molar-refractivity contribution in [3.63, 3.8) is 0 Å². The van der Waals surface area contributed by atoms with Crippen LogP contribution in [0.3, 0.4) is 0 Å². The molecule has 0 radical (unpaired) electrons. The number of aryl methyl sites for hydroxylation is 2. The molecule has 5 nitrogen and oxygen atoms in total. The van der Waals surface area contributed by atoms with Gasteiger partial charge in [0.15, 0.2) is 0 Å². The molecule has 2 aromatic carbocycles. The molecule has 0 aliphatic heterocycles. The van der Waals surface area contributed by atoms with Crippen LogP contribution in [0.25, 0.3) is 0 Å². The van der Waals surface area contributed by atoms with Crippen molar-refractivity contribution in [3.05, 3.63) is 65.2 Å². The van der Waals surface area contributed by atoms with Crippen LogP contribution in [-0.2, 0) is 21.4 Å². The summed E-state index contributed by atoms with van der Waals surface area (Å²) in [6, 6.07) is 14.2. The summed E-state index contributed by atoms with van der Waals surface area (Å²) in [5, 5.41) is 2.81. The van der Waals surface area contributed by atoms with Crippen molar-refractivity contribution in [2.45, 2.75) is 33.4 Å². The van der Waals surface area contributed by atoms with E-state index in [1.165, 1.54) is 4.31 Å². The molecule has 0 unspecified atom stereocenters. The van der Waals surface area contributed by atoms with E-state index in [-0.39, 0.29) is 5.91 Å². The lowest BCUT2D eigenvalue weighted by molar-refractivity contribution is -0.122. The maximum Gasteiger partial charge on any atom is 0.243 e. The van der Waals surface area contributed by atoms with Crippen LogP contribution in [0, 0.1) is 13.8 Å². The van der Waals surface area contributed by atoms with Gasteiger partial charge >= 0.3 is 0 Å². The van der Waals surface area contributed by atoms with Gasteiger partial charge in [-0.25, -0.2) is 8.42 Å². The van der Waals surface area contributed by atoms with E-state index in [9.17, 15) is 13.2 Å². The lowest BCUT2D eigenvalue weighted by Crippen LogP contribution is -2.47. The molecule has 0 bridgehead atoms. The molecule has 2 rings (SSSR count). The van der Waals surface area contributed by atoms with Crippen molar-refractivity contribution in [1.82, 2.24) is 5.32 Å². The summed E-state index contributed by atoms with van der Waals surface area (Å²) in [4.78, 5) is 12.5. The molecule has 0 aliphatic carbocycles. The van der Waals surface area contributed by atoms with Gasteiger partial charge in [0, 0.05) is 6.54 Å². The Labute approximate surface area is 149 Å². The first-order valence-corrected chi connectivity index (χ1v) is 9.92. The van der Waals surface area contributed by atoms with Crippen LogP contribution < -0.4 is 9.62 Å². The zero-order valence-corrected chi connectivity index (χ0v) is 15.8. The number of nitrogens with zero attached hydrogens (tertiary/aromatic N) is 1. The predicted octanol–water partition coefficient (Wildman–Crippen LogP) is 2.77. The van der Waals surface area contributed by atoms with Crippen LogP contribution in [-0.4, -0.2) is 26.6 Å². The number of amides is 1. The third-order valence-electron chi connectivity index (χ3n) is 3.86. The van der Waals surface area contributed by atoms with Crippen molar-refractivity contribution in [2.24, 2.45) is 0 Å². The predicted molar refractivity (Wildman–Crippen MR) is 101 cm³/mol. The van der Waals surface area contributed by atoms with Crippen molar-refractivity contribution < 1.29 is 13.2 Å². The third-order valence-corrected chi connectivity index (χ3v) is 5.10. The molecule has 0 aliphatic rings. The highest BCUT2D eigenvalue weighted by atomic mass is 32.2. The van der Waals surface area contributed by atoms with Crippen LogP contribution in [0.15, 0.2) is 48.5 Å². The smallest absolute Gasteiger partial charge is 0.243 e. The monoisotopic (exact) mass is 360 g/mol. The lowest BCUT2D eigenvalue weighted by Gasteiger charge is -2.28. The summed E-state index contributed by atoms with van der Waals surface area (Å²) in [6.07, 6.45) is 1.12. The highest BCUT2D eigenvalue weighted by Gasteiger charge is 2.29. The Hall–Kier alpha value is -2.34. The number of nitrogens with one attached hydrogen (secondary N) is 1. The topological polar surface area (TPSA) is 66.5 Å². The maximum absolute atomic E-state index is 12.5. The molecule has 134 valence electrons. The first-order valence-electron chi connectivity index (χ1n) is 8.08. The largest absolute Gasteiger partial charge is 0.350 e. The highest BCUT2D eigenvalue weighted by molar-refractivity contribution is 7.92. The fraction of sp³-hybridized carbons (Fsp3) is 0.316. The Balaban J connectivity index is 2.24. The molecular formula is C19H24N2O3S. The molecule has 1 amide bonds. The number of carbonyl (C=O) groups is 1. The van der Waals surface area contributed by atoms with Gasteiger partial charge in [-0.1, -0.05) is 36.4 Å². The third kappa shape index (κ3) is 5.06. The van der Waals surface area contributed by atoms with Gasteiger partial charge < -0.3 is 5.32 Å². The summed E-state index contributed by atoms with van der Waals surface area (Å²) in [5.74, 6) is -0.339. The van der Waals surface area contributed by atoms with Crippen LogP contribution >= 0.6 is 0 Å². The van der Waals surface area contributed by atoms with E-state index in [1.807, 2.05) is 50.2 Å². The molecule has 0 heterocycles. The van der Waals surface area contributed by atoms with Crippen LogP contribution in [0.4, 0.5) is 5.69 Å². The number of hydrogen-bond acceptors (Lipinski definition) is 3. The highest BCUT2D eigenvalue weighted by Crippen LogP contribution is 2.23. The van der Waals surface area contributed by atoms with E-state index in [0.717, 1.165) is 22.9 Å². The zero-order valence-electron chi connectivity index (χ0n) is 15.0. The van der Waals surface area contributed by atoms with Gasteiger partial charge in [0.2, 0.25) is 15.9 Å². The fourth-order valence-electron chi connectivity index (χ4n) is 2.82. The standard InChI is InChI=1S/C19H24N2O3S/c1-14-10-15(2)12-18(11-14)21(25(4,23)24)16(3)19(22)20-13-17-8-6-5-7-9-17/h5-12,16H,13H2,1-4H3,(H,20,22)/t16-/m0/s1. The molecule has 0 saturated heterocycles. The Morgan fingerprint density at radius 1 is 1.08 bits per heavy atom. The lowest BCUT2D eigenvalue weighted by atomic mass is 10.1. The summed E-state index contributed by atoms with van der Waals surface area (Å²) in [5.41, 5.74) is 3.35. The molecule has 0 fully saturated rings. The van der Waals surface area contributed by atoms with Gasteiger partial charge in [-0.2, -0.15) is 0 Å². The van der Waals surface area contributed by atoms with Gasteiger partial charge in [-0.3, -0.25) is 9.10 Å². The summed E-state index contributed by atoms with van der Waals surface area (Å²) in [7, 11) is -3.61. The summed E-state index contributed by atoms with van der Waals surface area (Å²) < 4.78 is 25.8. The molecule has 0 aromatic heterocycles. The second-order valence-corrected chi connectivity index (χ2v) is 8.14. The SMILES string of the molecule is Cc1cc(C)cc(N([C@@H](C)C(=O)NCc2ccccc2)S(C)(=O)=O)c1. The molecule has 0 saturated carbocycles. The van der Waals surface area contributed by atoms with Gasteiger partial charge in [0.1, 0.15) is 6.04 Å². The minimum Gasteiger partial charge on any atom is -0.350 e. The average molecular weight is 360 g/mol. The number of benzene rings is 2. The average Bonchev–Trinajstić information content (AvgIpc) is 2.51. The summed E-state index contributed by atoms with van der Waals surface area (Å²) >= 11 is 0. The van der Waals surface area contributed by atoms with Gasteiger partial charge in [0.25, 0.3) is 0 Å². The van der Waals surface area contributed by atoms with E-state index in [2.05, 4.69) is 5.32 Å². The van der Waals surface area contributed by atoms with Crippen LogP contribution in [0.1, 0.15) is 23.6 Å². The Bertz CT molecular complexity index is 828. The number of sulfonamides is 1. The number of hydrogen-bond donors (Lipinski definition) is 1. The van der Waals surface area contributed by atoms with Gasteiger partial charge in [0.05, 0.1) is 11.9 Å². The van der Waals surface area contributed by atoms with Crippen molar-refractivity contribution in [1.29, 1.82) is 0 Å². The van der Waals surface area contributed by atoms with E-state index < -0.39 is 16.1 Å². The molecule has 1 atom stereocenters. The summed E-state index contributed by atoms with van der Waals surface area (Å²) in [6.45, 7) is 5.75. The molecular weight excluding hydrogens is 336 g/mol. The second kappa shape index (κ2) is 7.70. The quantitative estimate of drug-likeness (QED) is 0.861. The molecule has 1 N–H and O–H groups in total. The zero-order chi connectivity index (χ0) is 18.6. The normalized spacial score (nSPS) is 12.5. The Kier molecular flexibility index (Phi) is 5.85. The Morgan fingerprint density at radius 2 is 1.64 bits per heavy atom. The molecule has 6 heteroatoms. The van der Waals surface area contributed by atoms with E-state index in [0.29, 0.717) is 12.2 Å². The minimum absolute atomic E-state index is 0.339. The number of rotatable bonds is 6. The molecule has 25 heavy (non-hydrogen) atoms. The number of anilines is 1. The second-order valence-electron chi connectivity index (χ2n) is 6.28. The fourth-order valence-corrected chi connectivity index (χ4v) is 3.98. The van der Waals surface area contributed by atoms with Crippen molar-refractivity contribution >= 4 is 21.6 Å². The minimum atomic E-state index is -3.61. The van der Waals surface area contributed by atoms with Crippen molar-refractivity contribution in [2.75, 3.05) is 10.6 Å². The van der Waals surface area contributed by atoms with E-state index >= 15 is 0 Å². The molecule has 0 spiro atoms. The Morgan fingerprint density at radius 3 is 2.16 bits per heavy atom. The number of carbonyl (C=O) groups excluding carboxylic acids is 1. The first kappa shape index (κ1) is 19.0.